The third-order valence-electron chi connectivity index (χ3n) is 1.91. The lowest BCUT2D eigenvalue weighted by Crippen LogP contribution is -2.08. The Morgan fingerprint density at radius 3 is 2.14 bits per heavy atom. The summed E-state index contributed by atoms with van der Waals surface area (Å²) >= 11 is 11.5. The molecule has 0 aliphatic carbocycles. The quantitative estimate of drug-likeness (QED) is 0.850. The number of hydrogen-bond donors (Lipinski definition) is 2. The summed E-state index contributed by atoms with van der Waals surface area (Å²) in [5.41, 5.74) is 6.63. The molecular weight excluding hydrogens is 244 g/mol. The van der Waals surface area contributed by atoms with Crippen LogP contribution in [0, 0.1) is 0 Å². The van der Waals surface area contributed by atoms with E-state index in [1.165, 1.54) is 0 Å². The molecule has 0 aliphatic heterocycles. The van der Waals surface area contributed by atoms with Crippen molar-refractivity contribution in [3.63, 3.8) is 0 Å². The highest BCUT2D eigenvalue weighted by atomic mass is 35.5. The van der Waals surface area contributed by atoms with Crippen LogP contribution >= 0.6 is 35.6 Å². The molecule has 1 aromatic carbocycles. The summed E-state index contributed by atoms with van der Waals surface area (Å²) in [6.07, 6.45) is 0.803. The molecule has 1 atom stereocenters. The van der Waals surface area contributed by atoms with Crippen molar-refractivity contribution in [2.45, 2.75) is 19.4 Å². The lowest BCUT2D eigenvalue weighted by molar-refractivity contribution is 0.475. The van der Waals surface area contributed by atoms with Crippen LogP contribution in [0.1, 0.15) is 24.9 Å². The van der Waals surface area contributed by atoms with E-state index >= 15 is 0 Å². The largest absolute Gasteiger partial charge is 0.505 e. The predicted molar refractivity (Wildman–Crippen MR) is 62.6 cm³/mol. The van der Waals surface area contributed by atoms with Gasteiger partial charge in [0.15, 0.2) is 5.75 Å². The summed E-state index contributed by atoms with van der Waals surface area (Å²) in [5.74, 6) is -0.0876. The van der Waals surface area contributed by atoms with Gasteiger partial charge in [0, 0.05) is 6.04 Å². The van der Waals surface area contributed by atoms with E-state index in [9.17, 15) is 5.11 Å². The maximum atomic E-state index is 9.28. The van der Waals surface area contributed by atoms with Gasteiger partial charge in [0.1, 0.15) is 0 Å². The van der Waals surface area contributed by atoms with E-state index in [0.29, 0.717) is 0 Å². The Morgan fingerprint density at radius 2 is 1.79 bits per heavy atom. The van der Waals surface area contributed by atoms with E-state index in [0.717, 1.165) is 12.0 Å². The van der Waals surface area contributed by atoms with Gasteiger partial charge in [-0.25, -0.2) is 0 Å². The van der Waals surface area contributed by atoms with Crippen molar-refractivity contribution in [3.8, 4) is 5.75 Å². The number of aromatic hydroxyl groups is 1. The van der Waals surface area contributed by atoms with Crippen molar-refractivity contribution >= 4 is 35.6 Å². The first-order valence-electron chi connectivity index (χ1n) is 3.99. The van der Waals surface area contributed by atoms with Gasteiger partial charge in [-0.3, -0.25) is 0 Å². The van der Waals surface area contributed by atoms with Crippen LogP contribution in [0.4, 0.5) is 0 Å². The molecule has 1 aromatic rings. The molecule has 0 aliphatic rings. The van der Waals surface area contributed by atoms with Gasteiger partial charge in [-0.2, -0.15) is 0 Å². The molecule has 0 saturated heterocycles. The normalized spacial score (nSPS) is 12.0. The number of phenols is 1. The number of hydrogen-bond acceptors (Lipinski definition) is 2. The van der Waals surface area contributed by atoms with Gasteiger partial charge in [-0.05, 0) is 24.1 Å². The Balaban J connectivity index is 0.00000169. The summed E-state index contributed by atoms with van der Waals surface area (Å²) in [5, 5.41) is 9.76. The van der Waals surface area contributed by atoms with Crippen molar-refractivity contribution in [3.05, 3.63) is 27.7 Å². The summed E-state index contributed by atoms with van der Waals surface area (Å²) in [6.45, 7) is 1.97. The fourth-order valence-corrected chi connectivity index (χ4v) is 1.54. The number of phenolic OH excluding ortho intramolecular Hbond substituents is 1. The van der Waals surface area contributed by atoms with E-state index in [1.54, 1.807) is 12.1 Å². The summed E-state index contributed by atoms with van der Waals surface area (Å²) < 4.78 is 0. The van der Waals surface area contributed by atoms with Crippen LogP contribution in [0.3, 0.4) is 0 Å². The second-order valence-corrected chi connectivity index (χ2v) is 3.66. The molecule has 0 aromatic heterocycles. The first kappa shape index (κ1) is 13.8. The molecule has 3 N–H and O–H groups in total. The van der Waals surface area contributed by atoms with Gasteiger partial charge in [0.2, 0.25) is 0 Å². The molecule has 0 amide bonds. The number of rotatable bonds is 2. The predicted octanol–water partition coefficient (Wildman–Crippen LogP) is 3.53. The highest BCUT2D eigenvalue weighted by molar-refractivity contribution is 6.37. The summed E-state index contributed by atoms with van der Waals surface area (Å²) in [4.78, 5) is 0. The SMILES string of the molecule is CC[C@H](N)c1cc(Cl)c(O)c(Cl)c1.Cl. The molecule has 80 valence electrons. The Bertz CT molecular complexity index is 294. The van der Waals surface area contributed by atoms with Gasteiger partial charge >= 0.3 is 0 Å². The minimum absolute atomic E-state index is 0. The maximum absolute atomic E-state index is 9.28. The molecule has 0 spiro atoms. The number of benzene rings is 1. The van der Waals surface area contributed by atoms with Crippen molar-refractivity contribution < 1.29 is 5.11 Å². The Kier molecular flexibility index (Phi) is 5.60. The van der Waals surface area contributed by atoms with Crippen LogP contribution in [-0.2, 0) is 0 Å². The van der Waals surface area contributed by atoms with Gasteiger partial charge < -0.3 is 10.8 Å². The minimum Gasteiger partial charge on any atom is -0.505 e. The van der Waals surface area contributed by atoms with Gasteiger partial charge in [0.05, 0.1) is 10.0 Å². The summed E-state index contributed by atoms with van der Waals surface area (Å²) in [7, 11) is 0. The smallest absolute Gasteiger partial charge is 0.152 e. The molecule has 1 rings (SSSR count). The first-order chi connectivity index (χ1) is 6.06. The lowest BCUT2D eigenvalue weighted by atomic mass is 10.1. The van der Waals surface area contributed by atoms with Gasteiger partial charge in [-0.15, -0.1) is 12.4 Å². The fraction of sp³-hybridized carbons (Fsp3) is 0.333. The zero-order valence-corrected chi connectivity index (χ0v) is 9.96. The first-order valence-corrected chi connectivity index (χ1v) is 4.75. The van der Waals surface area contributed by atoms with Crippen LogP contribution in [0.2, 0.25) is 10.0 Å². The minimum atomic E-state index is -0.0876. The topological polar surface area (TPSA) is 46.2 Å². The molecule has 0 saturated carbocycles. The van der Waals surface area contributed by atoms with Gasteiger partial charge in [-0.1, -0.05) is 30.1 Å². The average molecular weight is 257 g/mol. The molecule has 14 heavy (non-hydrogen) atoms. The zero-order chi connectivity index (χ0) is 10.0. The van der Waals surface area contributed by atoms with Crippen molar-refractivity contribution in [1.82, 2.24) is 0 Å². The Morgan fingerprint density at radius 1 is 1.36 bits per heavy atom. The van der Waals surface area contributed by atoms with Crippen LogP contribution in [-0.4, -0.2) is 5.11 Å². The molecule has 0 fully saturated rings. The van der Waals surface area contributed by atoms with E-state index in [2.05, 4.69) is 0 Å². The molecule has 0 unspecified atom stereocenters. The van der Waals surface area contributed by atoms with E-state index in [1.807, 2.05) is 6.92 Å². The molecule has 2 nitrogen and oxygen atoms in total. The summed E-state index contributed by atoms with van der Waals surface area (Å²) in [6, 6.07) is 3.18. The second kappa shape index (κ2) is 5.66. The second-order valence-electron chi connectivity index (χ2n) is 2.85. The molecule has 0 bridgehead atoms. The fourth-order valence-electron chi connectivity index (χ4n) is 1.03. The van der Waals surface area contributed by atoms with Crippen molar-refractivity contribution in [2.75, 3.05) is 0 Å². The number of halogens is 3. The monoisotopic (exact) mass is 255 g/mol. The zero-order valence-electron chi connectivity index (χ0n) is 7.63. The van der Waals surface area contributed by atoms with E-state index in [4.69, 9.17) is 28.9 Å². The molecule has 0 radical (unpaired) electrons. The Labute approximate surface area is 99.4 Å². The van der Waals surface area contributed by atoms with Crippen molar-refractivity contribution in [1.29, 1.82) is 0 Å². The van der Waals surface area contributed by atoms with E-state index < -0.39 is 0 Å². The standard InChI is InChI=1S/C9H11Cl2NO.ClH/c1-2-8(12)5-3-6(10)9(13)7(11)4-5;/h3-4,8,13H,2,12H2,1H3;1H/t8-;/m0./s1. The van der Waals surface area contributed by atoms with Crippen LogP contribution in [0.5, 0.6) is 5.75 Å². The number of nitrogens with two attached hydrogens (primary N) is 1. The third kappa shape index (κ3) is 2.92. The highest BCUT2D eigenvalue weighted by Gasteiger charge is 2.10. The molecule has 0 heterocycles. The maximum Gasteiger partial charge on any atom is 0.152 e. The van der Waals surface area contributed by atoms with E-state index in [-0.39, 0.29) is 34.2 Å². The lowest BCUT2D eigenvalue weighted by Gasteiger charge is -2.10. The average Bonchev–Trinajstić information content (AvgIpc) is 2.12. The molecular formula is C9H12Cl3NO. The Hall–Kier alpha value is -0.150. The van der Waals surface area contributed by atoms with Crippen molar-refractivity contribution in [2.24, 2.45) is 5.73 Å². The highest BCUT2D eigenvalue weighted by Crippen LogP contribution is 2.34. The molecule has 5 heteroatoms. The van der Waals surface area contributed by atoms with Gasteiger partial charge in [0.25, 0.3) is 0 Å². The van der Waals surface area contributed by atoms with Crippen LogP contribution in [0.15, 0.2) is 12.1 Å². The third-order valence-corrected chi connectivity index (χ3v) is 2.48. The van der Waals surface area contributed by atoms with Crippen LogP contribution in [0.25, 0.3) is 0 Å². The van der Waals surface area contributed by atoms with Crippen LogP contribution < -0.4 is 5.73 Å².